The zero-order valence-corrected chi connectivity index (χ0v) is 14.0. The molecule has 126 valence electrons. The number of hydrogen-bond acceptors (Lipinski definition) is 6. The number of ether oxygens (including phenoxy) is 1. The molecule has 2 heterocycles. The van der Waals surface area contributed by atoms with E-state index < -0.39 is 35.7 Å². The predicted octanol–water partition coefficient (Wildman–Crippen LogP) is 0.769. The van der Waals surface area contributed by atoms with Gasteiger partial charge in [0, 0.05) is 11.6 Å². The monoisotopic (exact) mass is 407 g/mol. The van der Waals surface area contributed by atoms with Crippen molar-refractivity contribution in [3.05, 3.63) is 36.5 Å². The second kappa shape index (κ2) is 6.94. The minimum atomic E-state index is -1.55. The van der Waals surface area contributed by atoms with E-state index in [1.165, 1.54) is 4.73 Å². The van der Waals surface area contributed by atoms with E-state index in [4.69, 9.17) is 21.4 Å². The summed E-state index contributed by atoms with van der Waals surface area (Å²) >= 11 is 8.35. The van der Waals surface area contributed by atoms with Crippen LogP contribution >= 0.6 is 27.8 Å². The summed E-state index contributed by atoms with van der Waals surface area (Å²) in [4.78, 5) is 5.69. The third-order valence-electron chi connectivity index (χ3n) is 3.74. The number of rotatable bonds is 4. The largest absolute Gasteiger partial charge is 0.405 e. The highest BCUT2D eigenvalue weighted by atomic mass is 79.9. The third kappa shape index (κ3) is 3.20. The van der Waals surface area contributed by atoms with Crippen molar-refractivity contribution in [3.8, 4) is 0 Å². The molecule has 1 aliphatic heterocycles. The van der Waals surface area contributed by atoms with Gasteiger partial charge < -0.3 is 24.9 Å². The summed E-state index contributed by atoms with van der Waals surface area (Å²) in [7, 11) is 0. The minimum Gasteiger partial charge on any atom is -0.405 e. The molecule has 0 radical (unpaired) electrons. The second-order valence-corrected chi connectivity index (χ2v) is 6.26. The first-order valence-electron chi connectivity index (χ1n) is 6.87. The van der Waals surface area contributed by atoms with Crippen molar-refractivity contribution in [2.45, 2.75) is 35.7 Å². The van der Waals surface area contributed by atoms with E-state index >= 15 is 0 Å². The van der Waals surface area contributed by atoms with Crippen LogP contribution in [0.4, 0.5) is 0 Å². The van der Waals surface area contributed by atoms with Crippen LogP contribution in [0.3, 0.4) is 0 Å². The lowest BCUT2D eigenvalue weighted by molar-refractivity contribution is -0.294. The average Bonchev–Trinajstić information content (AvgIpc) is 2.97. The van der Waals surface area contributed by atoms with Gasteiger partial charge in [0.1, 0.15) is 18.3 Å². The quantitative estimate of drug-likeness (QED) is 0.647. The molecule has 7 nitrogen and oxygen atoms in total. The van der Waals surface area contributed by atoms with Crippen molar-refractivity contribution in [1.82, 2.24) is 4.73 Å². The molecule has 0 bridgehead atoms. The summed E-state index contributed by atoms with van der Waals surface area (Å²) in [5, 5.41) is 30.3. The number of aliphatic hydroxyl groups is 3. The normalized spacial score (nSPS) is 32.8. The lowest BCUT2D eigenvalue weighted by Gasteiger charge is -2.41. The molecule has 1 aromatic heterocycles. The Morgan fingerprint density at radius 1 is 1.17 bits per heavy atom. The van der Waals surface area contributed by atoms with Gasteiger partial charge in [-0.2, -0.15) is 4.73 Å². The van der Waals surface area contributed by atoms with Gasteiger partial charge in [0.15, 0.2) is 17.4 Å². The smallest absolute Gasteiger partial charge is 0.185 e. The van der Waals surface area contributed by atoms with Crippen LogP contribution in [0.1, 0.15) is 0 Å². The topological polar surface area (TPSA) is 93.3 Å². The lowest BCUT2D eigenvalue weighted by Crippen LogP contribution is -2.62. The van der Waals surface area contributed by atoms with Gasteiger partial charge in [-0.05, 0) is 12.1 Å². The first-order valence-corrected chi connectivity index (χ1v) is 8.09. The Balaban J connectivity index is 1.87. The van der Waals surface area contributed by atoms with E-state index in [9.17, 15) is 15.3 Å². The van der Waals surface area contributed by atoms with Gasteiger partial charge in [-0.1, -0.05) is 34.1 Å². The zero-order valence-electron chi connectivity index (χ0n) is 11.7. The van der Waals surface area contributed by atoms with Crippen molar-refractivity contribution < 1.29 is 29.2 Å². The summed E-state index contributed by atoms with van der Waals surface area (Å²) < 4.78 is 11.1. The Morgan fingerprint density at radius 2 is 1.91 bits per heavy atom. The highest BCUT2D eigenvalue weighted by Gasteiger charge is 2.49. The molecule has 23 heavy (non-hydrogen) atoms. The number of halogens is 2. The standard InChI is InChI=1S/C14H15BrClNO6/c15-13(22-16)12-9(18)11(10(19)14(20)21-12)23-17-6-5-7-3-1-2-4-8(7)17/h1-6,9-14,18-20H/t9-,10-,11+,12+,13?,14-/m1/s1. The van der Waals surface area contributed by atoms with Gasteiger partial charge >= 0.3 is 0 Å². The number of aliphatic hydroxyl groups excluding tert-OH is 3. The molecule has 9 heteroatoms. The Hall–Kier alpha value is -0.870. The molecule has 0 spiro atoms. The van der Waals surface area contributed by atoms with E-state index in [1.807, 2.05) is 30.3 Å². The van der Waals surface area contributed by atoms with Crippen LogP contribution in [0, 0.1) is 0 Å². The van der Waals surface area contributed by atoms with E-state index in [1.54, 1.807) is 6.20 Å². The molecular weight excluding hydrogens is 394 g/mol. The van der Waals surface area contributed by atoms with E-state index in [2.05, 4.69) is 20.2 Å². The van der Waals surface area contributed by atoms with Crippen molar-refractivity contribution >= 4 is 38.7 Å². The van der Waals surface area contributed by atoms with Crippen LogP contribution < -0.4 is 4.84 Å². The molecule has 1 aromatic carbocycles. The highest BCUT2D eigenvalue weighted by molar-refractivity contribution is 9.09. The third-order valence-corrected chi connectivity index (χ3v) is 4.86. The fraction of sp³-hybridized carbons (Fsp3) is 0.429. The van der Waals surface area contributed by atoms with Crippen LogP contribution in [-0.2, 0) is 9.03 Å². The molecule has 0 amide bonds. The van der Waals surface area contributed by atoms with E-state index in [0.29, 0.717) is 0 Å². The maximum atomic E-state index is 10.4. The molecule has 0 saturated carbocycles. The van der Waals surface area contributed by atoms with E-state index in [0.717, 1.165) is 10.9 Å². The molecule has 1 fully saturated rings. The van der Waals surface area contributed by atoms with Crippen molar-refractivity contribution in [2.75, 3.05) is 0 Å². The molecule has 2 aromatic rings. The summed E-state index contributed by atoms with van der Waals surface area (Å²) in [5.41, 5.74) is 0.758. The molecular formula is C14H15BrClNO6. The second-order valence-electron chi connectivity index (χ2n) is 5.18. The minimum absolute atomic E-state index is 0.758. The summed E-state index contributed by atoms with van der Waals surface area (Å²) in [6, 6.07) is 9.29. The Morgan fingerprint density at radius 3 is 2.65 bits per heavy atom. The lowest BCUT2D eigenvalue weighted by atomic mass is 9.99. The van der Waals surface area contributed by atoms with Crippen molar-refractivity contribution in [1.29, 1.82) is 0 Å². The van der Waals surface area contributed by atoms with Crippen LogP contribution in [0.15, 0.2) is 36.5 Å². The van der Waals surface area contributed by atoms with Crippen molar-refractivity contribution in [3.63, 3.8) is 0 Å². The molecule has 0 aliphatic carbocycles. The number of hydrogen-bond donors (Lipinski definition) is 3. The van der Waals surface area contributed by atoms with Crippen LogP contribution in [0.2, 0.25) is 0 Å². The summed E-state index contributed by atoms with van der Waals surface area (Å²) in [6.07, 6.45) is -4.81. The molecule has 1 saturated heterocycles. The fourth-order valence-corrected chi connectivity index (χ4v) is 3.08. The number of nitrogens with zero attached hydrogens (tertiary/aromatic N) is 1. The first kappa shape index (κ1) is 17.0. The maximum absolute atomic E-state index is 10.4. The molecule has 3 rings (SSSR count). The summed E-state index contributed by atoms with van der Waals surface area (Å²) in [6.45, 7) is 0. The predicted molar refractivity (Wildman–Crippen MR) is 84.9 cm³/mol. The van der Waals surface area contributed by atoms with Crippen LogP contribution in [-0.4, -0.2) is 55.8 Å². The molecule has 1 aliphatic rings. The average molecular weight is 409 g/mol. The number of alkyl halides is 1. The Kier molecular flexibility index (Phi) is 5.12. The number of aromatic nitrogens is 1. The van der Waals surface area contributed by atoms with E-state index in [-0.39, 0.29) is 0 Å². The Bertz CT molecular complexity index is 670. The number of para-hydroxylation sites is 1. The van der Waals surface area contributed by atoms with Crippen molar-refractivity contribution in [2.24, 2.45) is 0 Å². The van der Waals surface area contributed by atoms with Gasteiger partial charge in [-0.3, -0.25) is 4.29 Å². The van der Waals surface area contributed by atoms with Gasteiger partial charge in [0.2, 0.25) is 0 Å². The number of fused-ring (bicyclic) bond motifs is 1. The highest BCUT2D eigenvalue weighted by Crippen LogP contribution is 2.28. The van der Waals surface area contributed by atoms with Crippen LogP contribution in [0.25, 0.3) is 10.9 Å². The Labute approximate surface area is 145 Å². The van der Waals surface area contributed by atoms with Gasteiger partial charge in [0.05, 0.1) is 17.4 Å². The maximum Gasteiger partial charge on any atom is 0.185 e. The molecule has 6 atom stereocenters. The zero-order chi connectivity index (χ0) is 16.6. The van der Waals surface area contributed by atoms with Gasteiger partial charge in [-0.25, -0.2) is 0 Å². The van der Waals surface area contributed by atoms with Gasteiger partial charge in [0.25, 0.3) is 0 Å². The SMILES string of the molecule is O[C@@H]1[C@@H](On2ccc3ccccc32)[C@@H](O)[C@@H](C(Br)OCl)O[C@H]1O. The fourth-order valence-electron chi connectivity index (χ4n) is 2.55. The molecule has 1 unspecified atom stereocenters. The number of benzene rings is 1. The molecule has 3 N–H and O–H groups in total. The van der Waals surface area contributed by atoms with Gasteiger partial charge in [-0.15, -0.1) is 0 Å². The summed E-state index contributed by atoms with van der Waals surface area (Å²) in [5.74, 6) is 0. The first-order chi connectivity index (χ1) is 11.0. The van der Waals surface area contributed by atoms with Crippen LogP contribution in [0.5, 0.6) is 0 Å².